The van der Waals surface area contributed by atoms with E-state index in [0.29, 0.717) is 12.0 Å². The molecule has 0 aliphatic heterocycles. The highest BCUT2D eigenvalue weighted by molar-refractivity contribution is 5.47. The molecule has 3 nitrogen and oxygen atoms in total. The second-order valence-electron chi connectivity index (χ2n) is 5.61. The first-order valence-electron chi connectivity index (χ1n) is 7.39. The molecule has 0 aromatic heterocycles. The van der Waals surface area contributed by atoms with Crippen LogP contribution in [0.15, 0.2) is 48.5 Å². The van der Waals surface area contributed by atoms with Crippen molar-refractivity contribution in [1.82, 2.24) is 0 Å². The second-order valence-corrected chi connectivity index (χ2v) is 5.61. The van der Waals surface area contributed by atoms with Crippen LogP contribution in [0.25, 0.3) is 0 Å². The summed E-state index contributed by atoms with van der Waals surface area (Å²) >= 11 is 0. The lowest BCUT2D eigenvalue weighted by atomic mass is 9.75. The Morgan fingerprint density at radius 2 is 1.81 bits per heavy atom. The van der Waals surface area contributed by atoms with Crippen LogP contribution in [0.5, 0.6) is 5.75 Å². The van der Waals surface area contributed by atoms with Crippen LogP contribution < -0.4 is 10.1 Å². The summed E-state index contributed by atoms with van der Waals surface area (Å²) in [7, 11) is 1.73. The molecule has 0 amide bonds. The summed E-state index contributed by atoms with van der Waals surface area (Å²) in [4.78, 5) is 0. The lowest BCUT2D eigenvalue weighted by Gasteiger charge is -2.37. The van der Waals surface area contributed by atoms with Crippen LogP contribution in [0.2, 0.25) is 0 Å². The normalized spacial score (nSPS) is 20.7. The zero-order valence-electron chi connectivity index (χ0n) is 12.3. The summed E-state index contributed by atoms with van der Waals surface area (Å²) in [5.41, 5.74) is 3.38. The van der Waals surface area contributed by atoms with Crippen LogP contribution in [0.1, 0.15) is 29.9 Å². The highest BCUT2D eigenvalue weighted by Gasteiger charge is 2.31. The summed E-state index contributed by atoms with van der Waals surface area (Å²) in [6.07, 6.45) is 2.25. The quantitative estimate of drug-likeness (QED) is 0.882. The highest BCUT2D eigenvalue weighted by atomic mass is 16.5. The number of nitrogens with one attached hydrogen (secondary N) is 1. The van der Waals surface area contributed by atoms with E-state index >= 15 is 0 Å². The van der Waals surface area contributed by atoms with Gasteiger partial charge in [0.15, 0.2) is 0 Å². The van der Waals surface area contributed by atoms with Gasteiger partial charge in [-0.1, -0.05) is 30.3 Å². The van der Waals surface area contributed by atoms with Gasteiger partial charge in [-0.2, -0.15) is 0 Å². The summed E-state index contributed by atoms with van der Waals surface area (Å²) in [5, 5.41) is 12.6. The molecule has 0 saturated heterocycles. The summed E-state index contributed by atoms with van der Waals surface area (Å²) in [5.74, 6) is 1.57. The standard InChI is InChI=1S/C18H21NO2/c1-21-18-5-3-2-4-17(18)14-10-16(11-14)19-15-8-6-13(12-20)7-9-15/h2-9,14,16,19-20H,10-12H2,1H3. The molecule has 1 fully saturated rings. The van der Waals surface area contributed by atoms with Gasteiger partial charge in [0, 0.05) is 11.7 Å². The van der Waals surface area contributed by atoms with Gasteiger partial charge in [0.25, 0.3) is 0 Å². The Kier molecular flexibility index (Phi) is 4.11. The number of rotatable bonds is 5. The molecule has 0 bridgehead atoms. The third-order valence-electron chi connectivity index (χ3n) is 4.22. The molecule has 3 heteroatoms. The van der Waals surface area contributed by atoms with Crippen LogP contribution in [0.3, 0.4) is 0 Å². The Balaban J connectivity index is 1.58. The van der Waals surface area contributed by atoms with Gasteiger partial charge in [0.05, 0.1) is 13.7 Å². The molecule has 110 valence electrons. The maximum Gasteiger partial charge on any atom is 0.122 e. The van der Waals surface area contributed by atoms with E-state index in [4.69, 9.17) is 9.84 Å². The van der Waals surface area contributed by atoms with Gasteiger partial charge in [-0.3, -0.25) is 0 Å². The number of aliphatic hydroxyl groups is 1. The third-order valence-corrected chi connectivity index (χ3v) is 4.22. The fraction of sp³-hybridized carbons (Fsp3) is 0.333. The third kappa shape index (κ3) is 3.03. The minimum Gasteiger partial charge on any atom is -0.496 e. The van der Waals surface area contributed by atoms with Crippen molar-refractivity contribution in [3.8, 4) is 5.75 Å². The molecule has 0 heterocycles. The predicted octanol–water partition coefficient (Wildman–Crippen LogP) is 3.55. The predicted molar refractivity (Wildman–Crippen MR) is 84.7 cm³/mol. The van der Waals surface area contributed by atoms with E-state index < -0.39 is 0 Å². The van der Waals surface area contributed by atoms with Gasteiger partial charge in [-0.25, -0.2) is 0 Å². The number of benzene rings is 2. The number of hydrogen-bond acceptors (Lipinski definition) is 3. The van der Waals surface area contributed by atoms with Crippen molar-refractivity contribution in [2.75, 3.05) is 12.4 Å². The fourth-order valence-electron chi connectivity index (χ4n) is 2.94. The van der Waals surface area contributed by atoms with Crippen LogP contribution in [-0.2, 0) is 6.61 Å². The zero-order valence-corrected chi connectivity index (χ0v) is 12.3. The SMILES string of the molecule is COc1ccccc1C1CC(Nc2ccc(CO)cc2)C1. The van der Waals surface area contributed by atoms with Crippen molar-refractivity contribution >= 4 is 5.69 Å². The molecule has 0 spiro atoms. The molecule has 1 aliphatic carbocycles. The molecule has 21 heavy (non-hydrogen) atoms. The number of para-hydroxylation sites is 1. The number of methoxy groups -OCH3 is 1. The number of ether oxygens (including phenoxy) is 1. The van der Waals surface area contributed by atoms with Crippen molar-refractivity contribution in [2.24, 2.45) is 0 Å². The van der Waals surface area contributed by atoms with Crippen molar-refractivity contribution in [3.05, 3.63) is 59.7 Å². The molecule has 2 aromatic carbocycles. The monoisotopic (exact) mass is 283 g/mol. The van der Waals surface area contributed by atoms with E-state index in [1.54, 1.807) is 7.11 Å². The van der Waals surface area contributed by atoms with Gasteiger partial charge in [-0.05, 0) is 48.1 Å². The Bertz CT molecular complexity index is 588. The first-order valence-corrected chi connectivity index (χ1v) is 7.39. The summed E-state index contributed by atoms with van der Waals surface area (Å²) in [6.45, 7) is 0.0968. The molecular formula is C18H21NO2. The van der Waals surface area contributed by atoms with Crippen LogP contribution in [0.4, 0.5) is 5.69 Å². The molecule has 2 N–H and O–H groups in total. The molecule has 0 atom stereocenters. The number of anilines is 1. The maximum absolute atomic E-state index is 9.05. The fourth-order valence-corrected chi connectivity index (χ4v) is 2.94. The highest BCUT2D eigenvalue weighted by Crippen LogP contribution is 2.42. The van der Waals surface area contributed by atoms with Gasteiger partial charge in [0.1, 0.15) is 5.75 Å². The Morgan fingerprint density at radius 1 is 1.10 bits per heavy atom. The smallest absolute Gasteiger partial charge is 0.122 e. The number of aliphatic hydroxyl groups excluding tert-OH is 1. The minimum absolute atomic E-state index is 0.0968. The average molecular weight is 283 g/mol. The van der Waals surface area contributed by atoms with E-state index in [1.807, 2.05) is 36.4 Å². The summed E-state index contributed by atoms with van der Waals surface area (Å²) in [6, 6.07) is 16.8. The zero-order chi connectivity index (χ0) is 14.7. The molecular weight excluding hydrogens is 262 g/mol. The Labute approximate surface area is 125 Å². The van der Waals surface area contributed by atoms with Crippen molar-refractivity contribution in [2.45, 2.75) is 31.4 Å². The topological polar surface area (TPSA) is 41.5 Å². The molecule has 0 unspecified atom stereocenters. The molecule has 1 saturated carbocycles. The Hall–Kier alpha value is -2.00. The minimum atomic E-state index is 0.0968. The molecule has 0 radical (unpaired) electrons. The van der Waals surface area contributed by atoms with Gasteiger partial charge < -0.3 is 15.2 Å². The van der Waals surface area contributed by atoms with Crippen LogP contribution >= 0.6 is 0 Å². The van der Waals surface area contributed by atoms with Crippen molar-refractivity contribution < 1.29 is 9.84 Å². The lowest BCUT2D eigenvalue weighted by Crippen LogP contribution is -2.34. The van der Waals surface area contributed by atoms with E-state index in [1.165, 1.54) is 5.56 Å². The van der Waals surface area contributed by atoms with E-state index in [-0.39, 0.29) is 6.61 Å². The average Bonchev–Trinajstić information content (AvgIpc) is 2.51. The molecule has 3 rings (SSSR count). The van der Waals surface area contributed by atoms with Gasteiger partial charge in [-0.15, -0.1) is 0 Å². The maximum atomic E-state index is 9.05. The molecule has 1 aliphatic rings. The lowest BCUT2D eigenvalue weighted by molar-refractivity contribution is 0.282. The van der Waals surface area contributed by atoms with Crippen molar-refractivity contribution in [3.63, 3.8) is 0 Å². The first-order chi connectivity index (χ1) is 10.3. The van der Waals surface area contributed by atoms with Crippen molar-refractivity contribution in [1.29, 1.82) is 0 Å². The van der Waals surface area contributed by atoms with E-state index in [0.717, 1.165) is 29.8 Å². The first kappa shape index (κ1) is 14.0. The Morgan fingerprint density at radius 3 is 2.48 bits per heavy atom. The van der Waals surface area contributed by atoms with E-state index in [9.17, 15) is 0 Å². The second kappa shape index (κ2) is 6.19. The van der Waals surface area contributed by atoms with Crippen LogP contribution in [0, 0.1) is 0 Å². The molecule has 2 aromatic rings. The van der Waals surface area contributed by atoms with Crippen LogP contribution in [-0.4, -0.2) is 18.3 Å². The van der Waals surface area contributed by atoms with Gasteiger partial charge in [0.2, 0.25) is 0 Å². The van der Waals surface area contributed by atoms with E-state index in [2.05, 4.69) is 17.4 Å². The number of hydrogen-bond donors (Lipinski definition) is 2. The summed E-state index contributed by atoms with van der Waals surface area (Å²) < 4.78 is 5.44. The largest absolute Gasteiger partial charge is 0.496 e. The van der Waals surface area contributed by atoms with Gasteiger partial charge >= 0.3 is 0 Å².